The minimum Gasteiger partial charge on any atom is -0.396 e. The molecular formula is C39H60O14. The average Bonchev–Trinajstić information content (AvgIpc) is 3.41. The van der Waals surface area contributed by atoms with Gasteiger partial charge in [-0.15, -0.1) is 6.58 Å². The molecule has 5 fully saturated rings. The number of rotatable bonds is 12. The molecule has 0 aromatic heterocycles. The van der Waals surface area contributed by atoms with Crippen molar-refractivity contribution in [3.63, 3.8) is 0 Å². The van der Waals surface area contributed by atoms with E-state index >= 15 is 0 Å². The first-order chi connectivity index (χ1) is 25.1. The molecule has 3 saturated carbocycles. The standard InChI is InChI=1S/C39H60O14/c1-5-21(25(42)9-6-18(2)16-40)28-26(43)15-24-22-8-7-19-14-20(10-12-38(19,3)23(22)11-13-39(24,28)4)50-37-34(31(46)29(44)27(17-41)51-37)52-36-33(48)30(45)32(47)35(49)53-36/h5,7,18,20-24,27-37,40-41,44-49H,1,6,8-17H2,2-4H3/t18-,20?,21-,22-,23+,24+,27?,28-,29-,30?,31?,32-,33?,34?,35?,36-,37-,38+,39+/m1/s1. The van der Waals surface area contributed by atoms with Crippen LogP contribution in [0.1, 0.15) is 78.6 Å². The highest BCUT2D eigenvalue weighted by Gasteiger charge is 2.63. The van der Waals surface area contributed by atoms with Gasteiger partial charge in [0.1, 0.15) is 54.3 Å². The molecule has 0 bridgehead atoms. The van der Waals surface area contributed by atoms with Crippen molar-refractivity contribution in [1.82, 2.24) is 0 Å². The molecule has 2 saturated heterocycles. The predicted octanol–water partition coefficient (Wildman–Crippen LogP) is 0.491. The van der Waals surface area contributed by atoms with Crippen molar-refractivity contribution in [3.05, 3.63) is 24.3 Å². The van der Waals surface area contributed by atoms with E-state index in [0.29, 0.717) is 38.0 Å². The van der Waals surface area contributed by atoms with Crippen LogP contribution in [0.5, 0.6) is 0 Å². The van der Waals surface area contributed by atoms with Crippen LogP contribution in [0.4, 0.5) is 0 Å². The third kappa shape index (κ3) is 7.37. The van der Waals surface area contributed by atoms with Crippen LogP contribution in [0, 0.1) is 46.3 Å². The Morgan fingerprint density at radius 1 is 0.943 bits per heavy atom. The first kappa shape index (κ1) is 41.0. The summed E-state index contributed by atoms with van der Waals surface area (Å²) in [6.45, 7) is 9.78. The van der Waals surface area contributed by atoms with Gasteiger partial charge < -0.3 is 59.8 Å². The van der Waals surface area contributed by atoms with Gasteiger partial charge in [-0.1, -0.05) is 38.5 Å². The van der Waals surface area contributed by atoms with Crippen molar-refractivity contribution >= 4 is 11.6 Å². The molecule has 2 aliphatic heterocycles. The summed E-state index contributed by atoms with van der Waals surface area (Å²) in [7, 11) is 0. The lowest BCUT2D eigenvalue weighted by molar-refractivity contribution is -0.388. The second-order valence-corrected chi connectivity index (χ2v) is 17.2. The normalized spacial score (nSPS) is 48.2. The maximum atomic E-state index is 13.8. The first-order valence-electron chi connectivity index (χ1n) is 19.4. The highest BCUT2D eigenvalue weighted by Crippen LogP contribution is 2.66. The Kier molecular flexibility index (Phi) is 12.4. The number of aliphatic hydroxyl groups excluding tert-OH is 8. The maximum Gasteiger partial charge on any atom is 0.189 e. The van der Waals surface area contributed by atoms with E-state index in [1.54, 1.807) is 6.08 Å². The number of ether oxygens (including phenoxy) is 4. The fraction of sp³-hybridized carbons (Fsp3) is 0.846. The van der Waals surface area contributed by atoms with Crippen molar-refractivity contribution in [3.8, 4) is 0 Å². The van der Waals surface area contributed by atoms with E-state index in [4.69, 9.17) is 18.9 Å². The Balaban J connectivity index is 1.16. The second-order valence-electron chi connectivity index (χ2n) is 17.2. The van der Waals surface area contributed by atoms with Crippen LogP contribution in [-0.4, -0.2) is 133 Å². The third-order valence-corrected chi connectivity index (χ3v) is 14.1. The molecule has 2 heterocycles. The number of allylic oxidation sites excluding steroid dienone is 2. The van der Waals surface area contributed by atoms with Crippen LogP contribution in [0.25, 0.3) is 0 Å². The summed E-state index contributed by atoms with van der Waals surface area (Å²) in [5, 5.41) is 81.6. The molecule has 8 N–H and O–H groups in total. The zero-order chi connectivity index (χ0) is 38.6. The summed E-state index contributed by atoms with van der Waals surface area (Å²) >= 11 is 0. The average molecular weight is 753 g/mol. The molecule has 0 amide bonds. The van der Waals surface area contributed by atoms with E-state index in [1.165, 1.54) is 5.57 Å². The maximum absolute atomic E-state index is 13.8. The van der Waals surface area contributed by atoms with Gasteiger partial charge in [0.2, 0.25) is 0 Å². The SMILES string of the molecule is C=C[C@H](C(=O)CC[C@@H](C)CO)[C@@H]1C(=O)C[C@H]2[C@@H]3CC=C4CC(O[C@@H]5OC(CO)[C@@H](O)C(O)C5O[C@@H]5OC(O)[C@H](O)C(O)C5O)CC[C@]4(C)[C@H]3CC[C@@]21C. The lowest BCUT2D eigenvalue weighted by Crippen LogP contribution is -2.64. The van der Waals surface area contributed by atoms with Gasteiger partial charge in [-0.05, 0) is 79.4 Å². The van der Waals surface area contributed by atoms with E-state index in [-0.39, 0.29) is 46.8 Å². The second kappa shape index (κ2) is 16.1. The summed E-state index contributed by atoms with van der Waals surface area (Å²) in [5.74, 6) is -0.00809. The van der Waals surface area contributed by atoms with Crippen LogP contribution in [0.2, 0.25) is 0 Å². The number of hydrogen-bond donors (Lipinski definition) is 8. The Hall–Kier alpha value is -1.66. The van der Waals surface area contributed by atoms with E-state index < -0.39 is 86.1 Å². The molecule has 19 atom stereocenters. The largest absolute Gasteiger partial charge is 0.396 e. The van der Waals surface area contributed by atoms with Crippen LogP contribution in [-0.2, 0) is 28.5 Å². The molecule has 0 spiro atoms. The molecule has 300 valence electrons. The van der Waals surface area contributed by atoms with Gasteiger partial charge in [0.05, 0.1) is 12.7 Å². The zero-order valence-corrected chi connectivity index (χ0v) is 31.0. The summed E-state index contributed by atoms with van der Waals surface area (Å²) < 4.78 is 23.2. The Bertz CT molecular complexity index is 1370. The molecule has 0 aromatic carbocycles. The number of ketones is 2. The Morgan fingerprint density at radius 3 is 2.36 bits per heavy atom. The topological polar surface area (TPSA) is 233 Å². The fourth-order valence-electron chi connectivity index (χ4n) is 10.9. The van der Waals surface area contributed by atoms with E-state index in [1.807, 2.05) is 6.92 Å². The molecular weight excluding hydrogens is 692 g/mol. The van der Waals surface area contributed by atoms with Gasteiger partial charge in [-0.3, -0.25) is 9.59 Å². The number of carbonyl (C=O) groups is 2. The number of fused-ring (bicyclic) bond motifs is 5. The zero-order valence-electron chi connectivity index (χ0n) is 31.0. The summed E-state index contributed by atoms with van der Waals surface area (Å²) in [6.07, 6.45) is -6.94. The van der Waals surface area contributed by atoms with Crippen molar-refractivity contribution < 1.29 is 69.4 Å². The Labute approximate surface area is 310 Å². The summed E-state index contributed by atoms with van der Waals surface area (Å²) in [4.78, 5) is 27.3. The van der Waals surface area contributed by atoms with E-state index in [2.05, 4.69) is 26.5 Å². The highest BCUT2D eigenvalue weighted by molar-refractivity contribution is 5.93. The first-order valence-corrected chi connectivity index (χ1v) is 19.4. The smallest absolute Gasteiger partial charge is 0.189 e. The van der Waals surface area contributed by atoms with Crippen molar-refractivity contribution in [2.24, 2.45) is 46.3 Å². The molecule has 53 heavy (non-hydrogen) atoms. The van der Waals surface area contributed by atoms with Crippen LogP contribution in [0.15, 0.2) is 24.3 Å². The molecule has 14 nitrogen and oxygen atoms in total. The number of Topliss-reactive ketones (excluding diaryl/α,β-unsaturated/α-hetero) is 2. The highest BCUT2D eigenvalue weighted by atomic mass is 16.8. The molecule has 6 aliphatic rings. The predicted molar refractivity (Wildman–Crippen MR) is 186 cm³/mol. The molecule has 0 radical (unpaired) electrons. The van der Waals surface area contributed by atoms with Gasteiger partial charge in [-0.2, -0.15) is 0 Å². The summed E-state index contributed by atoms with van der Waals surface area (Å²) in [6, 6.07) is 0. The third-order valence-electron chi connectivity index (χ3n) is 14.1. The minimum atomic E-state index is -1.89. The van der Waals surface area contributed by atoms with E-state index in [9.17, 15) is 50.4 Å². The quantitative estimate of drug-likeness (QED) is 0.127. The van der Waals surface area contributed by atoms with Gasteiger partial charge in [0, 0.05) is 31.3 Å². The molecule has 6 rings (SSSR count). The monoisotopic (exact) mass is 752 g/mol. The minimum absolute atomic E-state index is 0.0137. The lowest BCUT2D eigenvalue weighted by atomic mass is 9.47. The van der Waals surface area contributed by atoms with Crippen LogP contribution in [0.3, 0.4) is 0 Å². The number of hydrogen-bond acceptors (Lipinski definition) is 14. The Morgan fingerprint density at radius 2 is 1.68 bits per heavy atom. The number of aliphatic hydroxyl groups is 8. The lowest BCUT2D eigenvalue weighted by Gasteiger charge is -2.58. The molecule has 0 aromatic rings. The molecule has 14 heteroatoms. The fourth-order valence-corrected chi connectivity index (χ4v) is 10.9. The summed E-state index contributed by atoms with van der Waals surface area (Å²) in [5.41, 5.74) is 0.758. The molecule has 4 aliphatic carbocycles. The van der Waals surface area contributed by atoms with Gasteiger partial charge in [-0.25, -0.2) is 0 Å². The van der Waals surface area contributed by atoms with Crippen molar-refractivity contribution in [2.45, 2.75) is 146 Å². The van der Waals surface area contributed by atoms with Gasteiger partial charge in [0.15, 0.2) is 18.9 Å². The van der Waals surface area contributed by atoms with Gasteiger partial charge >= 0.3 is 0 Å². The van der Waals surface area contributed by atoms with Crippen molar-refractivity contribution in [2.75, 3.05) is 13.2 Å². The van der Waals surface area contributed by atoms with Crippen LogP contribution >= 0.6 is 0 Å². The van der Waals surface area contributed by atoms with E-state index in [0.717, 1.165) is 25.7 Å². The molecule has 7 unspecified atom stereocenters. The van der Waals surface area contributed by atoms with Crippen molar-refractivity contribution in [1.29, 1.82) is 0 Å². The van der Waals surface area contributed by atoms with Crippen LogP contribution < -0.4 is 0 Å². The number of carbonyl (C=O) groups excluding carboxylic acids is 2. The van der Waals surface area contributed by atoms with Gasteiger partial charge in [0.25, 0.3) is 0 Å².